The fourth-order valence-corrected chi connectivity index (χ4v) is 1.25. The van der Waals surface area contributed by atoms with Gasteiger partial charge in [0, 0.05) is 30.8 Å². The van der Waals surface area contributed by atoms with Gasteiger partial charge in [0.2, 0.25) is 5.91 Å². The van der Waals surface area contributed by atoms with Crippen molar-refractivity contribution in [3.05, 3.63) is 17.5 Å². The Hall–Kier alpha value is -1.36. The maximum atomic E-state index is 11.4. The molecule has 0 atom stereocenters. The number of hydrogen-bond donors (Lipinski definition) is 2. The first-order valence-electron chi connectivity index (χ1n) is 5.57. The largest absolute Gasteiger partial charge is 0.381 e. The second-order valence-electron chi connectivity index (χ2n) is 3.66. The van der Waals surface area contributed by atoms with Crippen molar-refractivity contribution in [2.24, 2.45) is 0 Å². The van der Waals surface area contributed by atoms with Crippen molar-refractivity contribution in [3.63, 3.8) is 0 Å². The summed E-state index contributed by atoms with van der Waals surface area (Å²) in [5, 5.41) is 9.54. The Balaban J connectivity index is 2.13. The minimum atomic E-state index is 0.0108. The fraction of sp³-hybridized carbons (Fsp3) is 0.636. The summed E-state index contributed by atoms with van der Waals surface area (Å²) >= 11 is 0. The highest BCUT2D eigenvalue weighted by Crippen LogP contribution is 2.01. The van der Waals surface area contributed by atoms with Gasteiger partial charge in [0.25, 0.3) is 0 Å². The molecule has 1 aromatic heterocycles. The molecule has 0 saturated carbocycles. The smallest absolute Gasteiger partial charge is 0.222 e. The van der Waals surface area contributed by atoms with E-state index in [0.717, 1.165) is 17.7 Å². The zero-order valence-corrected chi connectivity index (χ0v) is 9.88. The molecule has 0 aliphatic heterocycles. The number of aromatic nitrogens is 2. The van der Waals surface area contributed by atoms with Crippen LogP contribution in [0.5, 0.6) is 0 Å². The lowest BCUT2D eigenvalue weighted by Gasteiger charge is -2.04. The van der Waals surface area contributed by atoms with Crippen molar-refractivity contribution in [3.8, 4) is 0 Å². The molecule has 1 amide bonds. The van der Waals surface area contributed by atoms with Crippen LogP contribution in [0.3, 0.4) is 0 Å². The van der Waals surface area contributed by atoms with Gasteiger partial charge >= 0.3 is 0 Å². The van der Waals surface area contributed by atoms with Gasteiger partial charge in [0.15, 0.2) is 0 Å². The first-order chi connectivity index (χ1) is 7.74. The van der Waals surface area contributed by atoms with Crippen LogP contribution in [0.15, 0.2) is 6.20 Å². The maximum absolute atomic E-state index is 11.4. The molecule has 0 bridgehead atoms. The van der Waals surface area contributed by atoms with Crippen LogP contribution in [-0.2, 0) is 16.1 Å². The van der Waals surface area contributed by atoms with E-state index in [1.165, 1.54) is 0 Å². The van der Waals surface area contributed by atoms with Crippen molar-refractivity contribution < 1.29 is 9.53 Å². The molecule has 0 spiro atoms. The second kappa shape index (κ2) is 7.00. The molecular weight excluding hydrogens is 206 g/mol. The maximum Gasteiger partial charge on any atom is 0.222 e. The Kier molecular flexibility index (Phi) is 5.56. The van der Waals surface area contributed by atoms with E-state index in [-0.39, 0.29) is 5.91 Å². The van der Waals surface area contributed by atoms with Crippen LogP contribution in [0.4, 0.5) is 0 Å². The fourth-order valence-electron chi connectivity index (χ4n) is 1.25. The van der Waals surface area contributed by atoms with Crippen molar-refractivity contribution >= 4 is 5.91 Å². The van der Waals surface area contributed by atoms with Crippen molar-refractivity contribution in [1.29, 1.82) is 0 Å². The number of nitrogens with one attached hydrogen (secondary N) is 2. The molecule has 0 saturated heterocycles. The average Bonchev–Trinajstić information content (AvgIpc) is 2.67. The van der Waals surface area contributed by atoms with Crippen LogP contribution in [0, 0.1) is 6.92 Å². The summed E-state index contributed by atoms with van der Waals surface area (Å²) in [4.78, 5) is 11.4. The summed E-state index contributed by atoms with van der Waals surface area (Å²) in [5.74, 6) is 0.0108. The van der Waals surface area contributed by atoms with Crippen LogP contribution in [-0.4, -0.2) is 29.3 Å². The van der Waals surface area contributed by atoms with E-state index in [4.69, 9.17) is 4.74 Å². The molecule has 0 aliphatic rings. The number of aromatic amines is 1. The molecule has 0 aliphatic carbocycles. The minimum Gasteiger partial charge on any atom is -0.381 e. The molecule has 0 unspecified atom stereocenters. The molecule has 1 aromatic rings. The van der Waals surface area contributed by atoms with E-state index in [1.807, 2.05) is 13.8 Å². The van der Waals surface area contributed by atoms with Gasteiger partial charge in [-0.25, -0.2) is 0 Å². The van der Waals surface area contributed by atoms with Gasteiger partial charge in [-0.05, 0) is 13.3 Å². The number of aryl methyl sites for hydroxylation is 1. The molecule has 0 radical (unpaired) electrons. The predicted octanol–water partition coefficient (Wildman–Crippen LogP) is 1.15. The molecule has 0 fully saturated rings. The zero-order chi connectivity index (χ0) is 11.8. The monoisotopic (exact) mass is 225 g/mol. The standard InChI is InChI=1S/C11H19N3O2/c1-3-5-16-6-4-11(15)12-7-10-8-13-14-9(10)2/h8H,3-7H2,1-2H3,(H,12,15)(H,13,14). The molecule has 16 heavy (non-hydrogen) atoms. The number of H-pyrrole nitrogens is 1. The summed E-state index contributed by atoms with van der Waals surface area (Å²) in [7, 11) is 0. The lowest BCUT2D eigenvalue weighted by Crippen LogP contribution is -2.24. The van der Waals surface area contributed by atoms with Gasteiger partial charge < -0.3 is 10.1 Å². The number of carbonyl (C=O) groups excluding carboxylic acids is 1. The van der Waals surface area contributed by atoms with Crippen LogP contribution >= 0.6 is 0 Å². The van der Waals surface area contributed by atoms with E-state index in [1.54, 1.807) is 6.20 Å². The highest BCUT2D eigenvalue weighted by Gasteiger charge is 2.03. The Labute approximate surface area is 95.6 Å². The van der Waals surface area contributed by atoms with Gasteiger partial charge in [-0.3, -0.25) is 9.89 Å². The summed E-state index contributed by atoms with van der Waals surface area (Å²) < 4.78 is 5.23. The molecule has 5 nitrogen and oxygen atoms in total. The number of rotatable bonds is 7. The molecule has 90 valence electrons. The molecule has 5 heteroatoms. The quantitative estimate of drug-likeness (QED) is 0.684. The summed E-state index contributed by atoms with van der Waals surface area (Å²) in [6, 6.07) is 0. The average molecular weight is 225 g/mol. The van der Waals surface area contributed by atoms with Crippen molar-refractivity contribution in [2.45, 2.75) is 33.2 Å². The summed E-state index contributed by atoms with van der Waals surface area (Å²) in [5.41, 5.74) is 2.00. The number of amides is 1. The van der Waals surface area contributed by atoms with Crippen LogP contribution < -0.4 is 5.32 Å². The summed E-state index contributed by atoms with van der Waals surface area (Å²) in [6.45, 7) is 5.70. The minimum absolute atomic E-state index is 0.0108. The zero-order valence-electron chi connectivity index (χ0n) is 9.88. The van der Waals surface area contributed by atoms with Crippen LogP contribution in [0.1, 0.15) is 31.0 Å². The number of ether oxygens (including phenoxy) is 1. The highest BCUT2D eigenvalue weighted by atomic mass is 16.5. The Bertz CT molecular complexity index is 323. The number of nitrogens with zero attached hydrogens (tertiary/aromatic N) is 1. The van der Waals surface area contributed by atoms with Gasteiger partial charge in [0.1, 0.15) is 0 Å². The van der Waals surface area contributed by atoms with Crippen molar-refractivity contribution in [1.82, 2.24) is 15.5 Å². The Morgan fingerprint density at radius 3 is 3.00 bits per heavy atom. The Morgan fingerprint density at radius 1 is 1.56 bits per heavy atom. The van der Waals surface area contributed by atoms with Crippen LogP contribution in [0.25, 0.3) is 0 Å². The van der Waals surface area contributed by atoms with E-state index in [2.05, 4.69) is 15.5 Å². The van der Waals surface area contributed by atoms with Gasteiger partial charge in [0.05, 0.1) is 12.8 Å². The third-order valence-electron chi connectivity index (χ3n) is 2.23. The number of hydrogen-bond acceptors (Lipinski definition) is 3. The summed E-state index contributed by atoms with van der Waals surface area (Å²) in [6.07, 6.45) is 3.12. The van der Waals surface area contributed by atoms with E-state index in [0.29, 0.717) is 26.2 Å². The first kappa shape index (κ1) is 12.7. The first-order valence-corrected chi connectivity index (χ1v) is 5.57. The van der Waals surface area contributed by atoms with Crippen molar-refractivity contribution in [2.75, 3.05) is 13.2 Å². The molecular formula is C11H19N3O2. The predicted molar refractivity (Wildman–Crippen MR) is 60.9 cm³/mol. The molecule has 1 heterocycles. The van der Waals surface area contributed by atoms with Gasteiger partial charge in [-0.15, -0.1) is 0 Å². The normalized spacial score (nSPS) is 10.4. The van der Waals surface area contributed by atoms with E-state index < -0.39 is 0 Å². The van der Waals surface area contributed by atoms with Gasteiger partial charge in [-0.1, -0.05) is 6.92 Å². The van der Waals surface area contributed by atoms with E-state index >= 15 is 0 Å². The van der Waals surface area contributed by atoms with E-state index in [9.17, 15) is 4.79 Å². The third kappa shape index (κ3) is 4.44. The molecule has 2 N–H and O–H groups in total. The topological polar surface area (TPSA) is 67.0 Å². The highest BCUT2D eigenvalue weighted by molar-refractivity contribution is 5.75. The third-order valence-corrected chi connectivity index (χ3v) is 2.23. The Morgan fingerprint density at radius 2 is 2.38 bits per heavy atom. The van der Waals surface area contributed by atoms with Crippen LogP contribution in [0.2, 0.25) is 0 Å². The SMILES string of the molecule is CCCOCCC(=O)NCc1cn[nH]c1C. The molecule has 0 aromatic carbocycles. The lowest BCUT2D eigenvalue weighted by atomic mass is 10.2. The second-order valence-corrected chi connectivity index (χ2v) is 3.66. The lowest BCUT2D eigenvalue weighted by molar-refractivity contribution is -0.122. The van der Waals surface area contributed by atoms with Gasteiger partial charge in [-0.2, -0.15) is 5.10 Å². The molecule has 1 rings (SSSR count). The number of carbonyl (C=O) groups is 1.